The van der Waals surface area contributed by atoms with Crippen LogP contribution in [0.1, 0.15) is 54.7 Å². The maximum atomic E-state index is 5.73. The smallest absolute Gasteiger partial charge is 0.122 e. The quantitative estimate of drug-likeness (QED) is 0.785. The summed E-state index contributed by atoms with van der Waals surface area (Å²) in [6.45, 7) is 3.60. The first kappa shape index (κ1) is 14.6. The first-order chi connectivity index (χ1) is 11.3. The van der Waals surface area contributed by atoms with E-state index in [1.54, 1.807) is 0 Å². The Morgan fingerprint density at radius 2 is 1.74 bits per heavy atom. The third-order valence-corrected chi connectivity index (χ3v) is 5.29. The molecule has 0 bridgehead atoms. The number of fused-ring (bicyclic) bond motifs is 1. The summed E-state index contributed by atoms with van der Waals surface area (Å²) in [6.07, 6.45) is 4.86. The molecule has 23 heavy (non-hydrogen) atoms. The van der Waals surface area contributed by atoms with Crippen LogP contribution in [0.5, 0.6) is 11.5 Å². The van der Waals surface area contributed by atoms with Crippen LogP contribution < -0.4 is 9.47 Å². The van der Waals surface area contributed by atoms with E-state index in [0.29, 0.717) is 11.8 Å². The van der Waals surface area contributed by atoms with Gasteiger partial charge in [0, 0.05) is 6.42 Å². The lowest BCUT2D eigenvalue weighted by atomic mass is 9.92. The van der Waals surface area contributed by atoms with E-state index >= 15 is 0 Å². The third-order valence-electron chi connectivity index (χ3n) is 5.29. The van der Waals surface area contributed by atoms with Crippen LogP contribution in [-0.4, -0.2) is 13.2 Å². The standard InChI is InChI=1S/C21H24O2/c1-2-22-20-9-7-15(8-10-20)17-5-6-18(13-17)19-4-3-16-11-12-23-21(16)14-19/h3-4,7-10,14,17-18H,2,5-6,11-13H2,1H3. The van der Waals surface area contributed by atoms with Crippen molar-refractivity contribution >= 4 is 0 Å². The van der Waals surface area contributed by atoms with E-state index in [4.69, 9.17) is 9.47 Å². The second kappa shape index (κ2) is 6.27. The van der Waals surface area contributed by atoms with Gasteiger partial charge in [-0.05, 0) is 72.9 Å². The van der Waals surface area contributed by atoms with Gasteiger partial charge in [0.05, 0.1) is 13.2 Å². The SMILES string of the molecule is CCOc1ccc(C2CCC(c3ccc4c(c3)OCC4)C2)cc1. The molecule has 2 unspecified atom stereocenters. The summed E-state index contributed by atoms with van der Waals surface area (Å²) in [6, 6.07) is 15.6. The minimum Gasteiger partial charge on any atom is -0.494 e. The van der Waals surface area contributed by atoms with Crippen molar-refractivity contribution in [2.45, 2.75) is 44.4 Å². The number of rotatable bonds is 4. The molecule has 1 aliphatic heterocycles. The first-order valence-electron chi connectivity index (χ1n) is 8.82. The maximum Gasteiger partial charge on any atom is 0.122 e. The Hall–Kier alpha value is -1.96. The summed E-state index contributed by atoms with van der Waals surface area (Å²) < 4.78 is 11.3. The van der Waals surface area contributed by atoms with E-state index < -0.39 is 0 Å². The van der Waals surface area contributed by atoms with Crippen LogP contribution in [0.2, 0.25) is 0 Å². The number of hydrogen-bond acceptors (Lipinski definition) is 2. The van der Waals surface area contributed by atoms with Crippen LogP contribution in [0, 0.1) is 0 Å². The lowest BCUT2D eigenvalue weighted by Crippen LogP contribution is -1.97. The molecule has 0 aromatic heterocycles. The summed E-state index contributed by atoms with van der Waals surface area (Å²) in [5.74, 6) is 3.43. The van der Waals surface area contributed by atoms with E-state index in [0.717, 1.165) is 31.1 Å². The van der Waals surface area contributed by atoms with Gasteiger partial charge in [-0.1, -0.05) is 24.3 Å². The van der Waals surface area contributed by atoms with E-state index in [2.05, 4.69) is 42.5 Å². The van der Waals surface area contributed by atoms with Gasteiger partial charge >= 0.3 is 0 Å². The predicted molar refractivity (Wildman–Crippen MR) is 92.6 cm³/mol. The van der Waals surface area contributed by atoms with Gasteiger partial charge in [0.15, 0.2) is 0 Å². The van der Waals surface area contributed by atoms with Crippen LogP contribution in [0.4, 0.5) is 0 Å². The molecule has 1 aliphatic carbocycles. The summed E-state index contributed by atoms with van der Waals surface area (Å²) in [7, 11) is 0. The molecule has 2 atom stereocenters. The number of ether oxygens (including phenoxy) is 2. The van der Waals surface area contributed by atoms with Gasteiger partial charge in [0.1, 0.15) is 11.5 Å². The zero-order valence-electron chi connectivity index (χ0n) is 13.8. The molecule has 0 N–H and O–H groups in total. The van der Waals surface area contributed by atoms with E-state index in [-0.39, 0.29) is 0 Å². The van der Waals surface area contributed by atoms with E-state index in [1.165, 1.54) is 36.0 Å². The Bertz CT molecular complexity index is 675. The molecule has 0 radical (unpaired) electrons. The van der Waals surface area contributed by atoms with Crippen molar-refractivity contribution in [3.8, 4) is 11.5 Å². The topological polar surface area (TPSA) is 18.5 Å². The van der Waals surface area contributed by atoms with Crippen LogP contribution in [0.3, 0.4) is 0 Å². The average molecular weight is 308 g/mol. The van der Waals surface area contributed by atoms with Gasteiger partial charge in [-0.3, -0.25) is 0 Å². The minimum atomic E-state index is 0.668. The molecule has 1 saturated carbocycles. The zero-order valence-corrected chi connectivity index (χ0v) is 13.8. The Balaban J connectivity index is 1.46. The Morgan fingerprint density at radius 1 is 1.00 bits per heavy atom. The maximum absolute atomic E-state index is 5.73. The van der Waals surface area contributed by atoms with Gasteiger partial charge in [-0.15, -0.1) is 0 Å². The molecule has 2 aromatic rings. The summed E-state index contributed by atoms with van der Waals surface area (Å²) in [5.41, 5.74) is 4.28. The number of hydrogen-bond donors (Lipinski definition) is 0. The molecule has 120 valence electrons. The van der Waals surface area contributed by atoms with Crippen molar-refractivity contribution in [2.75, 3.05) is 13.2 Å². The van der Waals surface area contributed by atoms with Crippen molar-refractivity contribution in [2.24, 2.45) is 0 Å². The molecule has 2 heteroatoms. The van der Waals surface area contributed by atoms with Crippen LogP contribution in [-0.2, 0) is 6.42 Å². The largest absolute Gasteiger partial charge is 0.494 e. The molecular weight excluding hydrogens is 284 g/mol. The normalized spacial score (nSPS) is 22.7. The van der Waals surface area contributed by atoms with Gasteiger partial charge in [-0.2, -0.15) is 0 Å². The minimum absolute atomic E-state index is 0.668. The zero-order chi connectivity index (χ0) is 15.6. The highest BCUT2D eigenvalue weighted by Gasteiger charge is 2.28. The molecule has 0 amide bonds. The van der Waals surface area contributed by atoms with Crippen molar-refractivity contribution in [3.63, 3.8) is 0 Å². The monoisotopic (exact) mass is 308 g/mol. The van der Waals surface area contributed by atoms with Gasteiger partial charge in [0.2, 0.25) is 0 Å². The molecule has 4 rings (SSSR count). The van der Waals surface area contributed by atoms with Crippen molar-refractivity contribution < 1.29 is 9.47 Å². The average Bonchev–Trinajstić information content (AvgIpc) is 3.24. The third kappa shape index (κ3) is 2.95. The van der Waals surface area contributed by atoms with Crippen LogP contribution in [0.25, 0.3) is 0 Å². The molecule has 0 spiro atoms. The van der Waals surface area contributed by atoms with Gasteiger partial charge in [-0.25, -0.2) is 0 Å². The van der Waals surface area contributed by atoms with E-state index in [1.807, 2.05) is 6.92 Å². The highest BCUT2D eigenvalue weighted by Crippen LogP contribution is 2.45. The lowest BCUT2D eigenvalue weighted by Gasteiger charge is -2.14. The molecular formula is C21H24O2. The highest BCUT2D eigenvalue weighted by molar-refractivity contribution is 5.42. The Labute approximate surface area is 138 Å². The first-order valence-corrected chi connectivity index (χ1v) is 8.82. The second-order valence-electron chi connectivity index (χ2n) is 6.67. The molecule has 2 nitrogen and oxygen atoms in total. The Morgan fingerprint density at radius 3 is 2.52 bits per heavy atom. The molecule has 1 heterocycles. The summed E-state index contributed by atoms with van der Waals surface area (Å²) >= 11 is 0. The van der Waals surface area contributed by atoms with Crippen LogP contribution in [0.15, 0.2) is 42.5 Å². The van der Waals surface area contributed by atoms with Crippen molar-refractivity contribution in [3.05, 3.63) is 59.2 Å². The molecule has 2 aromatic carbocycles. The molecule has 2 aliphatic rings. The van der Waals surface area contributed by atoms with Gasteiger partial charge < -0.3 is 9.47 Å². The fraction of sp³-hybridized carbons (Fsp3) is 0.429. The fourth-order valence-corrected chi connectivity index (χ4v) is 4.03. The lowest BCUT2D eigenvalue weighted by molar-refractivity contribution is 0.340. The van der Waals surface area contributed by atoms with Gasteiger partial charge in [0.25, 0.3) is 0 Å². The predicted octanol–water partition coefficient (Wildman–Crippen LogP) is 5.07. The van der Waals surface area contributed by atoms with Crippen molar-refractivity contribution in [1.29, 1.82) is 0 Å². The van der Waals surface area contributed by atoms with E-state index in [9.17, 15) is 0 Å². The number of benzene rings is 2. The Kier molecular flexibility index (Phi) is 3.99. The van der Waals surface area contributed by atoms with Crippen LogP contribution >= 0.6 is 0 Å². The summed E-state index contributed by atoms with van der Waals surface area (Å²) in [4.78, 5) is 0. The molecule has 0 saturated heterocycles. The highest BCUT2D eigenvalue weighted by atomic mass is 16.5. The summed E-state index contributed by atoms with van der Waals surface area (Å²) in [5, 5.41) is 0. The van der Waals surface area contributed by atoms with Crippen molar-refractivity contribution in [1.82, 2.24) is 0 Å². The second-order valence-corrected chi connectivity index (χ2v) is 6.67. The molecule has 1 fully saturated rings. The fourth-order valence-electron chi connectivity index (χ4n) is 4.03.